The van der Waals surface area contributed by atoms with Crippen LogP contribution in [0, 0.1) is 5.92 Å². The zero-order valence-corrected chi connectivity index (χ0v) is 18.6. The smallest absolute Gasteiger partial charge is 0.191 e. The number of likely N-dealkylation sites (tertiary alicyclic amines) is 1. The summed E-state index contributed by atoms with van der Waals surface area (Å²) in [5, 5.41) is 7.01. The van der Waals surface area contributed by atoms with Gasteiger partial charge in [0.05, 0.1) is 0 Å². The van der Waals surface area contributed by atoms with Crippen molar-refractivity contribution in [3.8, 4) is 0 Å². The van der Waals surface area contributed by atoms with Gasteiger partial charge in [-0.1, -0.05) is 30.3 Å². The van der Waals surface area contributed by atoms with Crippen molar-refractivity contribution in [3.05, 3.63) is 35.9 Å². The second-order valence-electron chi connectivity index (χ2n) is 8.50. The summed E-state index contributed by atoms with van der Waals surface area (Å²) in [6.45, 7) is 15.6. The number of guanidine groups is 1. The van der Waals surface area contributed by atoms with E-state index in [9.17, 15) is 0 Å². The van der Waals surface area contributed by atoms with Gasteiger partial charge in [-0.2, -0.15) is 0 Å². The minimum atomic E-state index is 0.567. The maximum atomic E-state index is 4.39. The van der Waals surface area contributed by atoms with Crippen LogP contribution >= 0.6 is 0 Å². The van der Waals surface area contributed by atoms with E-state index in [0.29, 0.717) is 18.0 Å². The summed E-state index contributed by atoms with van der Waals surface area (Å²) in [5.41, 5.74) is 1.44. The van der Waals surface area contributed by atoms with E-state index in [0.717, 1.165) is 38.6 Å². The molecule has 1 aliphatic rings. The van der Waals surface area contributed by atoms with Crippen LogP contribution < -0.4 is 10.6 Å². The monoisotopic (exact) mass is 387 g/mol. The van der Waals surface area contributed by atoms with E-state index in [1.54, 1.807) is 0 Å². The van der Waals surface area contributed by atoms with Gasteiger partial charge >= 0.3 is 0 Å². The Bertz CT molecular complexity index is 562. The number of aliphatic imine (C=N–C) groups is 1. The largest absolute Gasteiger partial charge is 0.356 e. The fraction of sp³-hybridized carbons (Fsp3) is 0.696. The van der Waals surface area contributed by atoms with Gasteiger partial charge in [0.1, 0.15) is 0 Å². The van der Waals surface area contributed by atoms with Crippen molar-refractivity contribution in [1.82, 2.24) is 20.4 Å². The summed E-state index contributed by atoms with van der Waals surface area (Å²) < 4.78 is 0. The van der Waals surface area contributed by atoms with E-state index < -0.39 is 0 Å². The maximum Gasteiger partial charge on any atom is 0.191 e. The van der Waals surface area contributed by atoms with Crippen molar-refractivity contribution in [2.45, 2.75) is 52.6 Å². The minimum Gasteiger partial charge on any atom is -0.356 e. The first kappa shape index (κ1) is 22.7. The van der Waals surface area contributed by atoms with Crippen molar-refractivity contribution in [1.29, 1.82) is 0 Å². The van der Waals surface area contributed by atoms with Crippen LogP contribution in [0.25, 0.3) is 0 Å². The van der Waals surface area contributed by atoms with Crippen LogP contribution in [0.3, 0.4) is 0 Å². The fourth-order valence-corrected chi connectivity index (χ4v) is 4.09. The first-order valence-electron chi connectivity index (χ1n) is 11.0. The van der Waals surface area contributed by atoms with Gasteiger partial charge < -0.3 is 15.5 Å². The number of nitrogens with one attached hydrogen (secondary N) is 2. The molecule has 1 unspecified atom stereocenters. The predicted molar refractivity (Wildman–Crippen MR) is 121 cm³/mol. The molecule has 2 rings (SSSR count). The fourth-order valence-electron chi connectivity index (χ4n) is 4.09. The zero-order valence-electron chi connectivity index (χ0n) is 18.6. The third-order valence-corrected chi connectivity index (χ3v) is 5.70. The molecule has 5 heteroatoms. The third kappa shape index (κ3) is 7.80. The molecule has 1 fully saturated rings. The van der Waals surface area contributed by atoms with E-state index in [2.05, 4.69) is 83.5 Å². The molecule has 2 N–H and O–H groups in total. The SMILES string of the molecule is CN=C(NCCN(C(C)C)C(C)C)NCC1CCN(CCc2ccccc2)C1. The van der Waals surface area contributed by atoms with Gasteiger partial charge in [-0.05, 0) is 58.6 Å². The van der Waals surface area contributed by atoms with E-state index in [4.69, 9.17) is 0 Å². The van der Waals surface area contributed by atoms with Crippen LogP contribution in [0.4, 0.5) is 0 Å². The molecule has 0 amide bonds. The summed E-state index contributed by atoms with van der Waals surface area (Å²) in [5.74, 6) is 1.63. The van der Waals surface area contributed by atoms with Crippen LogP contribution in [-0.4, -0.2) is 74.2 Å². The summed E-state index contributed by atoms with van der Waals surface area (Å²) in [6.07, 6.45) is 2.42. The van der Waals surface area contributed by atoms with Gasteiger partial charge in [0.25, 0.3) is 0 Å². The predicted octanol–water partition coefficient (Wildman–Crippen LogP) is 2.83. The molecule has 0 aromatic heterocycles. The number of nitrogens with zero attached hydrogens (tertiary/aromatic N) is 3. The van der Waals surface area contributed by atoms with Crippen molar-refractivity contribution in [3.63, 3.8) is 0 Å². The Hall–Kier alpha value is -1.59. The Morgan fingerprint density at radius 3 is 2.50 bits per heavy atom. The van der Waals surface area contributed by atoms with Crippen molar-refractivity contribution >= 4 is 5.96 Å². The molecular formula is C23H41N5. The lowest BCUT2D eigenvalue weighted by Crippen LogP contribution is -2.46. The molecule has 5 nitrogen and oxygen atoms in total. The van der Waals surface area contributed by atoms with E-state index in [1.165, 1.54) is 25.1 Å². The Morgan fingerprint density at radius 2 is 1.86 bits per heavy atom. The van der Waals surface area contributed by atoms with Crippen LogP contribution in [0.1, 0.15) is 39.7 Å². The highest BCUT2D eigenvalue weighted by molar-refractivity contribution is 5.79. The summed E-state index contributed by atoms with van der Waals surface area (Å²) >= 11 is 0. The first-order chi connectivity index (χ1) is 13.5. The van der Waals surface area contributed by atoms with Crippen LogP contribution in [0.2, 0.25) is 0 Å². The number of hydrogen-bond acceptors (Lipinski definition) is 3. The van der Waals surface area contributed by atoms with E-state index in [-0.39, 0.29) is 0 Å². The summed E-state index contributed by atoms with van der Waals surface area (Å²) in [7, 11) is 1.86. The molecule has 0 aliphatic carbocycles. The number of rotatable bonds is 10. The molecule has 1 saturated heterocycles. The van der Waals surface area contributed by atoms with Gasteiger partial charge in [0.2, 0.25) is 0 Å². The molecule has 1 aliphatic heterocycles. The molecular weight excluding hydrogens is 346 g/mol. The lowest BCUT2D eigenvalue weighted by molar-refractivity contribution is 0.178. The second-order valence-corrected chi connectivity index (χ2v) is 8.50. The molecule has 0 bridgehead atoms. The average Bonchev–Trinajstić information content (AvgIpc) is 3.14. The Balaban J connectivity index is 1.64. The van der Waals surface area contributed by atoms with Crippen LogP contribution in [0.15, 0.2) is 35.3 Å². The molecule has 0 radical (unpaired) electrons. The lowest BCUT2D eigenvalue weighted by atomic mass is 10.1. The molecule has 1 aromatic carbocycles. The van der Waals surface area contributed by atoms with Gasteiger partial charge in [0.15, 0.2) is 5.96 Å². The molecule has 1 atom stereocenters. The number of benzene rings is 1. The standard InChI is InChI=1S/C23H41N5/c1-19(2)28(20(3)4)16-13-25-23(24-5)26-17-22-12-15-27(18-22)14-11-21-9-7-6-8-10-21/h6-10,19-20,22H,11-18H2,1-5H3,(H2,24,25,26). The zero-order chi connectivity index (χ0) is 20.4. The highest BCUT2D eigenvalue weighted by atomic mass is 15.2. The molecule has 1 aromatic rings. The molecule has 28 heavy (non-hydrogen) atoms. The number of hydrogen-bond donors (Lipinski definition) is 2. The summed E-state index contributed by atoms with van der Waals surface area (Å²) in [6, 6.07) is 11.9. The van der Waals surface area contributed by atoms with Gasteiger partial charge in [0, 0.05) is 51.9 Å². The Labute approximate surface area is 172 Å². The van der Waals surface area contributed by atoms with Crippen molar-refractivity contribution < 1.29 is 0 Å². The third-order valence-electron chi connectivity index (χ3n) is 5.70. The minimum absolute atomic E-state index is 0.567. The lowest BCUT2D eigenvalue weighted by Gasteiger charge is -2.30. The van der Waals surface area contributed by atoms with Gasteiger partial charge in [-0.3, -0.25) is 9.89 Å². The maximum absolute atomic E-state index is 4.39. The van der Waals surface area contributed by atoms with Crippen molar-refractivity contribution in [2.24, 2.45) is 10.9 Å². The van der Waals surface area contributed by atoms with E-state index >= 15 is 0 Å². The Morgan fingerprint density at radius 1 is 1.14 bits per heavy atom. The summed E-state index contributed by atoms with van der Waals surface area (Å²) in [4.78, 5) is 9.49. The quantitative estimate of drug-likeness (QED) is 0.479. The topological polar surface area (TPSA) is 42.9 Å². The molecule has 0 spiro atoms. The van der Waals surface area contributed by atoms with Crippen molar-refractivity contribution in [2.75, 3.05) is 46.3 Å². The van der Waals surface area contributed by atoms with Gasteiger partial charge in [-0.25, -0.2) is 0 Å². The highest BCUT2D eigenvalue weighted by Crippen LogP contribution is 2.16. The second kappa shape index (κ2) is 12.1. The average molecular weight is 388 g/mol. The molecule has 158 valence electrons. The molecule has 0 saturated carbocycles. The first-order valence-corrected chi connectivity index (χ1v) is 11.0. The van der Waals surface area contributed by atoms with E-state index in [1.807, 2.05) is 7.05 Å². The van der Waals surface area contributed by atoms with Crippen LogP contribution in [-0.2, 0) is 6.42 Å². The highest BCUT2D eigenvalue weighted by Gasteiger charge is 2.22. The molecule has 1 heterocycles. The van der Waals surface area contributed by atoms with Crippen LogP contribution in [0.5, 0.6) is 0 Å². The normalized spacial score (nSPS) is 18.4. The Kier molecular flexibility index (Phi) is 9.79. The van der Waals surface area contributed by atoms with Gasteiger partial charge in [-0.15, -0.1) is 0 Å².